The molecule has 3 N–H and O–H groups in total. The number of anilines is 2. The molecule has 0 aliphatic rings. The van der Waals surface area contributed by atoms with Gasteiger partial charge in [0, 0.05) is 24.8 Å². The van der Waals surface area contributed by atoms with Gasteiger partial charge >= 0.3 is 0 Å². The first-order chi connectivity index (χ1) is 10.1. The summed E-state index contributed by atoms with van der Waals surface area (Å²) >= 11 is 6.00. The second-order valence-corrected chi connectivity index (χ2v) is 4.72. The SMILES string of the molecule is CCn1ncc(NCCOc2cccc(N)c2)c(Cl)c1=O. The topological polar surface area (TPSA) is 82.2 Å². The van der Waals surface area contributed by atoms with Gasteiger partial charge in [-0.2, -0.15) is 5.10 Å². The minimum absolute atomic E-state index is 0.135. The highest BCUT2D eigenvalue weighted by molar-refractivity contribution is 6.32. The zero-order valence-corrected chi connectivity index (χ0v) is 12.4. The number of aryl methyl sites for hydroxylation is 1. The average Bonchev–Trinajstić information content (AvgIpc) is 2.48. The van der Waals surface area contributed by atoms with Gasteiger partial charge in [-0.1, -0.05) is 17.7 Å². The summed E-state index contributed by atoms with van der Waals surface area (Å²) in [6.45, 7) is 3.22. The maximum Gasteiger partial charge on any atom is 0.287 e. The number of halogens is 1. The monoisotopic (exact) mass is 308 g/mol. The number of hydrogen-bond donors (Lipinski definition) is 2. The third kappa shape index (κ3) is 3.88. The van der Waals surface area contributed by atoms with Gasteiger partial charge in [-0.25, -0.2) is 4.68 Å². The van der Waals surface area contributed by atoms with Gasteiger partial charge < -0.3 is 15.8 Å². The van der Waals surface area contributed by atoms with Crippen molar-refractivity contribution in [2.24, 2.45) is 0 Å². The summed E-state index contributed by atoms with van der Waals surface area (Å²) in [5, 5.41) is 7.17. The summed E-state index contributed by atoms with van der Waals surface area (Å²) in [7, 11) is 0. The van der Waals surface area contributed by atoms with E-state index in [1.165, 1.54) is 10.9 Å². The molecule has 6 nitrogen and oxygen atoms in total. The maximum absolute atomic E-state index is 11.8. The van der Waals surface area contributed by atoms with E-state index in [9.17, 15) is 4.79 Å². The molecule has 0 fully saturated rings. The molecule has 2 aromatic rings. The van der Waals surface area contributed by atoms with Gasteiger partial charge in [-0.15, -0.1) is 0 Å². The molecule has 0 saturated heterocycles. The van der Waals surface area contributed by atoms with Crippen molar-refractivity contribution in [3.05, 3.63) is 45.8 Å². The summed E-state index contributed by atoms with van der Waals surface area (Å²) in [4.78, 5) is 11.8. The van der Waals surface area contributed by atoms with Crippen LogP contribution in [0.3, 0.4) is 0 Å². The highest BCUT2D eigenvalue weighted by Gasteiger charge is 2.07. The van der Waals surface area contributed by atoms with Gasteiger partial charge in [0.05, 0.1) is 11.9 Å². The van der Waals surface area contributed by atoms with Crippen LogP contribution >= 0.6 is 11.6 Å². The smallest absolute Gasteiger partial charge is 0.287 e. The van der Waals surface area contributed by atoms with Crippen molar-refractivity contribution in [1.29, 1.82) is 0 Å². The Morgan fingerprint density at radius 1 is 1.48 bits per heavy atom. The molecule has 1 aromatic heterocycles. The lowest BCUT2D eigenvalue weighted by atomic mass is 10.3. The first-order valence-electron chi connectivity index (χ1n) is 6.59. The minimum Gasteiger partial charge on any atom is -0.492 e. The van der Waals surface area contributed by atoms with E-state index >= 15 is 0 Å². The van der Waals surface area contributed by atoms with Crippen LogP contribution < -0.4 is 21.3 Å². The Kier molecular flexibility index (Phi) is 5.05. The molecule has 0 aliphatic carbocycles. The van der Waals surface area contributed by atoms with E-state index in [4.69, 9.17) is 22.1 Å². The third-order valence-corrected chi connectivity index (χ3v) is 3.19. The van der Waals surface area contributed by atoms with Crippen LogP contribution in [0.25, 0.3) is 0 Å². The van der Waals surface area contributed by atoms with E-state index in [2.05, 4.69) is 10.4 Å². The van der Waals surface area contributed by atoms with Crippen molar-refractivity contribution >= 4 is 23.0 Å². The van der Waals surface area contributed by atoms with Crippen molar-refractivity contribution in [1.82, 2.24) is 9.78 Å². The van der Waals surface area contributed by atoms with Crippen molar-refractivity contribution in [3.8, 4) is 5.75 Å². The van der Waals surface area contributed by atoms with Crippen molar-refractivity contribution in [3.63, 3.8) is 0 Å². The molecule has 0 atom stereocenters. The van der Waals surface area contributed by atoms with Crippen LogP contribution in [0.5, 0.6) is 5.75 Å². The molecule has 0 unspecified atom stereocenters. The molecule has 21 heavy (non-hydrogen) atoms. The summed E-state index contributed by atoms with van der Waals surface area (Å²) in [6.07, 6.45) is 1.54. The van der Waals surface area contributed by atoms with Crippen LogP contribution in [0.1, 0.15) is 6.92 Å². The number of ether oxygens (including phenoxy) is 1. The molecule has 0 saturated carbocycles. The lowest BCUT2D eigenvalue weighted by molar-refractivity contribution is 0.333. The van der Waals surface area contributed by atoms with E-state index in [1.54, 1.807) is 12.1 Å². The number of benzene rings is 1. The van der Waals surface area contributed by atoms with Gasteiger partial charge in [-0.3, -0.25) is 4.79 Å². The molecular formula is C14H17ClN4O2. The van der Waals surface area contributed by atoms with E-state index in [-0.39, 0.29) is 10.6 Å². The first kappa shape index (κ1) is 15.2. The molecule has 0 aliphatic heterocycles. The van der Waals surface area contributed by atoms with Crippen LogP contribution in [-0.2, 0) is 6.54 Å². The number of nitrogens with two attached hydrogens (primary N) is 1. The van der Waals surface area contributed by atoms with Crippen LogP contribution in [0, 0.1) is 0 Å². The fourth-order valence-corrected chi connectivity index (χ4v) is 1.99. The zero-order valence-electron chi connectivity index (χ0n) is 11.7. The molecule has 0 radical (unpaired) electrons. The molecule has 0 bridgehead atoms. The van der Waals surface area contributed by atoms with Gasteiger partial charge in [0.15, 0.2) is 0 Å². The third-order valence-electron chi connectivity index (χ3n) is 2.83. The van der Waals surface area contributed by atoms with Gasteiger partial charge in [-0.05, 0) is 19.1 Å². The molecule has 7 heteroatoms. The highest BCUT2D eigenvalue weighted by atomic mass is 35.5. The largest absolute Gasteiger partial charge is 0.492 e. The predicted octanol–water partition coefficient (Wildman–Crippen LogP) is 1.99. The Balaban J connectivity index is 1.89. The highest BCUT2D eigenvalue weighted by Crippen LogP contribution is 2.16. The Labute approximate surface area is 127 Å². The van der Waals surface area contributed by atoms with Crippen LogP contribution in [0.4, 0.5) is 11.4 Å². The normalized spacial score (nSPS) is 10.4. The van der Waals surface area contributed by atoms with Gasteiger partial charge in [0.1, 0.15) is 17.4 Å². The summed E-state index contributed by atoms with van der Waals surface area (Å²) in [5.41, 5.74) is 6.51. The molecule has 2 rings (SSSR count). The Morgan fingerprint density at radius 3 is 3.00 bits per heavy atom. The van der Waals surface area contributed by atoms with E-state index in [1.807, 2.05) is 19.1 Å². The molecule has 112 valence electrons. The fraction of sp³-hybridized carbons (Fsp3) is 0.286. The number of nitrogens with one attached hydrogen (secondary N) is 1. The fourth-order valence-electron chi connectivity index (χ4n) is 1.77. The molecule has 0 spiro atoms. The van der Waals surface area contributed by atoms with Crippen molar-refractivity contribution in [2.45, 2.75) is 13.5 Å². The van der Waals surface area contributed by atoms with Crippen LogP contribution in [0.2, 0.25) is 5.02 Å². The Bertz CT molecular complexity index is 672. The number of rotatable bonds is 6. The standard InChI is InChI=1S/C14H17ClN4O2/c1-2-19-14(20)13(15)12(9-18-19)17-6-7-21-11-5-3-4-10(16)8-11/h3-5,8-9,17H,2,6-7,16H2,1H3. The summed E-state index contributed by atoms with van der Waals surface area (Å²) in [5.74, 6) is 0.697. The number of aromatic nitrogens is 2. The molecular weight excluding hydrogens is 292 g/mol. The number of nitrogens with zero attached hydrogens (tertiary/aromatic N) is 2. The van der Waals surface area contributed by atoms with Crippen LogP contribution in [0.15, 0.2) is 35.3 Å². The second-order valence-electron chi connectivity index (χ2n) is 4.34. The minimum atomic E-state index is -0.305. The van der Waals surface area contributed by atoms with E-state index in [0.29, 0.717) is 36.8 Å². The van der Waals surface area contributed by atoms with E-state index < -0.39 is 0 Å². The zero-order chi connectivity index (χ0) is 15.2. The quantitative estimate of drug-likeness (QED) is 0.630. The number of nitrogen functional groups attached to an aromatic ring is 1. The summed E-state index contributed by atoms with van der Waals surface area (Å²) in [6, 6.07) is 7.19. The van der Waals surface area contributed by atoms with Crippen LogP contribution in [-0.4, -0.2) is 22.9 Å². The molecule has 1 heterocycles. The van der Waals surface area contributed by atoms with Crippen molar-refractivity contribution < 1.29 is 4.74 Å². The van der Waals surface area contributed by atoms with Gasteiger partial charge in [0.25, 0.3) is 5.56 Å². The second kappa shape index (κ2) is 6.99. The lowest BCUT2D eigenvalue weighted by Crippen LogP contribution is -2.24. The summed E-state index contributed by atoms with van der Waals surface area (Å²) < 4.78 is 6.84. The maximum atomic E-state index is 11.8. The molecule has 1 aromatic carbocycles. The molecule has 0 amide bonds. The Morgan fingerprint density at radius 2 is 2.29 bits per heavy atom. The van der Waals surface area contributed by atoms with Gasteiger partial charge in [0.2, 0.25) is 0 Å². The predicted molar refractivity (Wildman–Crippen MR) is 84.0 cm³/mol. The Hall–Kier alpha value is -2.21. The lowest BCUT2D eigenvalue weighted by Gasteiger charge is -2.10. The number of hydrogen-bond acceptors (Lipinski definition) is 5. The van der Waals surface area contributed by atoms with E-state index in [0.717, 1.165) is 0 Å². The first-order valence-corrected chi connectivity index (χ1v) is 6.97. The average molecular weight is 309 g/mol. The van der Waals surface area contributed by atoms with Crippen molar-refractivity contribution in [2.75, 3.05) is 24.2 Å².